The van der Waals surface area contributed by atoms with Crippen molar-refractivity contribution in [3.05, 3.63) is 29.8 Å². The highest BCUT2D eigenvalue weighted by molar-refractivity contribution is 8.45. The monoisotopic (exact) mass is 260 g/mol. The first kappa shape index (κ1) is 13.0. The van der Waals surface area contributed by atoms with Crippen molar-refractivity contribution >= 4 is 16.5 Å². The van der Waals surface area contributed by atoms with Crippen LogP contribution in [-0.2, 0) is 11.2 Å². The van der Waals surface area contributed by atoms with Crippen LogP contribution in [0.2, 0.25) is 0 Å². The molecule has 0 fully saturated rings. The Morgan fingerprint density at radius 3 is 2.25 bits per heavy atom. The quantitative estimate of drug-likeness (QED) is 0.576. The zero-order chi connectivity index (χ0) is 12.5. The highest BCUT2D eigenvalue weighted by Crippen LogP contribution is 3.02. The van der Waals surface area contributed by atoms with Crippen molar-refractivity contribution in [1.82, 2.24) is 0 Å². The summed E-state index contributed by atoms with van der Waals surface area (Å²) in [5.74, 6) is 0. The number of carbonyl (C=O) groups excluding carboxylic acids is 1. The number of hydrogen-bond acceptors (Lipinski definition) is 1. The summed E-state index contributed by atoms with van der Waals surface area (Å²) < 4.78 is 61.9. The van der Waals surface area contributed by atoms with Crippen molar-refractivity contribution in [2.24, 2.45) is 0 Å². The van der Waals surface area contributed by atoms with E-state index in [1.54, 1.807) is 0 Å². The van der Waals surface area contributed by atoms with Gasteiger partial charge in [-0.25, -0.2) is 0 Å². The summed E-state index contributed by atoms with van der Waals surface area (Å²) in [6.07, 6.45) is 0.543. The Kier molecular flexibility index (Phi) is 2.58. The molecular formula is C9H9F5OS. The molecule has 0 aromatic heterocycles. The molecular weight excluding hydrogens is 251 g/mol. The van der Waals surface area contributed by atoms with Gasteiger partial charge in [-0.05, 0) is 24.1 Å². The second-order valence-corrected chi connectivity index (χ2v) is 5.73. The molecule has 1 nitrogen and oxygen atoms in total. The van der Waals surface area contributed by atoms with Gasteiger partial charge in [0.1, 0.15) is 11.2 Å². The first-order chi connectivity index (χ1) is 7.03. The maximum absolute atomic E-state index is 12.4. The van der Waals surface area contributed by atoms with E-state index in [0.29, 0.717) is 18.4 Å². The van der Waals surface area contributed by atoms with E-state index in [1.807, 2.05) is 0 Å². The van der Waals surface area contributed by atoms with Crippen LogP contribution >= 0.6 is 10.2 Å². The lowest BCUT2D eigenvalue weighted by Gasteiger charge is -2.40. The van der Waals surface area contributed by atoms with Crippen LogP contribution in [-0.4, -0.2) is 6.29 Å². The van der Waals surface area contributed by atoms with Crippen molar-refractivity contribution in [3.63, 3.8) is 0 Å². The van der Waals surface area contributed by atoms with E-state index in [2.05, 4.69) is 0 Å². The van der Waals surface area contributed by atoms with Crippen molar-refractivity contribution in [3.8, 4) is 0 Å². The van der Waals surface area contributed by atoms with E-state index >= 15 is 0 Å². The van der Waals surface area contributed by atoms with Crippen LogP contribution in [0.3, 0.4) is 0 Å². The number of aryl methyl sites for hydroxylation is 1. The van der Waals surface area contributed by atoms with E-state index in [4.69, 9.17) is 0 Å². The first-order valence-corrected chi connectivity index (χ1v) is 6.25. The van der Waals surface area contributed by atoms with Crippen LogP contribution in [0.1, 0.15) is 12.0 Å². The Labute approximate surface area is 89.0 Å². The third kappa shape index (κ3) is 3.48. The molecule has 0 spiro atoms. The van der Waals surface area contributed by atoms with E-state index < -0.39 is 15.1 Å². The van der Waals surface area contributed by atoms with E-state index in [9.17, 15) is 24.2 Å². The van der Waals surface area contributed by atoms with Gasteiger partial charge in [0.2, 0.25) is 0 Å². The largest absolute Gasteiger partial charge is 0.310 e. The van der Waals surface area contributed by atoms with E-state index in [0.717, 1.165) is 6.07 Å². The average Bonchev–Trinajstić information content (AvgIpc) is 2.12. The third-order valence-electron chi connectivity index (χ3n) is 1.89. The van der Waals surface area contributed by atoms with Crippen LogP contribution in [0.25, 0.3) is 0 Å². The number of aldehydes is 1. The second kappa shape index (κ2) is 3.19. The molecule has 0 radical (unpaired) electrons. The molecule has 1 aromatic carbocycles. The van der Waals surface area contributed by atoms with Gasteiger partial charge in [-0.3, -0.25) is 0 Å². The lowest BCUT2D eigenvalue weighted by Crippen LogP contribution is -2.06. The zero-order valence-electron chi connectivity index (χ0n) is 8.01. The molecule has 0 amide bonds. The highest BCUT2D eigenvalue weighted by atomic mass is 32.5. The molecule has 0 aliphatic heterocycles. The fourth-order valence-electron chi connectivity index (χ4n) is 1.17. The minimum absolute atomic E-state index is 0.00374. The smallest absolute Gasteiger partial charge is 0.303 e. The number of carbonyl (C=O) groups is 1. The van der Waals surface area contributed by atoms with Gasteiger partial charge in [0, 0.05) is 6.42 Å². The van der Waals surface area contributed by atoms with Crippen LogP contribution in [0.5, 0.6) is 0 Å². The predicted octanol–water partition coefficient (Wildman–Crippen LogP) is 4.48. The van der Waals surface area contributed by atoms with Crippen LogP contribution in [0.4, 0.5) is 19.4 Å². The molecule has 0 heterocycles. The summed E-state index contributed by atoms with van der Waals surface area (Å²) in [7, 11) is -9.59. The Bertz CT molecular complexity index is 410. The molecule has 0 atom stereocenters. The minimum Gasteiger partial charge on any atom is -0.303 e. The van der Waals surface area contributed by atoms with Gasteiger partial charge in [-0.15, -0.1) is 0 Å². The Balaban J connectivity index is 3.14. The molecule has 0 aliphatic rings. The van der Waals surface area contributed by atoms with Gasteiger partial charge in [-0.2, -0.15) is 0 Å². The summed E-state index contributed by atoms with van der Waals surface area (Å²) >= 11 is 0. The predicted molar refractivity (Wildman–Crippen MR) is 52.2 cm³/mol. The molecule has 0 N–H and O–H groups in total. The second-order valence-electron chi connectivity index (χ2n) is 3.32. The van der Waals surface area contributed by atoms with Crippen molar-refractivity contribution in [1.29, 1.82) is 0 Å². The Morgan fingerprint density at radius 1 is 1.12 bits per heavy atom. The molecule has 1 aromatic rings. The SMILES string of the molecule is O=CCCc1cccc(S(F)(F)(F)(F)F)c1. The summed E-state index contributed by atoms with van der Waals surface area (Å²) in [4.78, 5) is 8.11. The van der Waals surface area contributed by atoms with Gasteiger partial charge in [0.25, 0.3) is 0 Å². The maximum Gasteiger partial charge on any atom is 0.310 e. The normalized spacial score (nSPS) is 16.3. The maximum atomic E-state index is 12.4. The zero-order valence-corrected chi connectivity index (χ0v) is 8.82. The van der Waals surface area contributed by atoms with E-state index in [-0.39, 0.29) is 18.4 Å². The topological polar surface area (TPSA) is 17.1 Å². The molecule has 7 heteroatoms. The lowest BCUT2D eigenvalue weighted by atomic mass is 10.1. The van der Waals surface area contributed by atoms with Crippen molar-refractivity contribution < 1.29 is 24.2 Å². The van der Waals surface area contributed by atoms with Crippen LogP contribution in [0, 0.1) is 0 Å². The van der Waals surface area contributed by atoms with Gasteiger partial charge in [0.05, 0.1) is 0 Å². The third-order valence-corrected chi connectivity index (χ3v) is 3.04. The fourth-order valence-corrected chi connectivity index (χ4v) is 1.88. The van der Waals surface area contributed by atoms with Gasteiger partial charge >= 0.3 is 10.2 Å². The van der Waals surface area contributed by atoms with E-state index in [1.165, 1.54) is 6.07 Å². The molecule has 1 rings (SSSR count). The Morgan fingerprint density at radius 2 is 1.75 bits per heavy atom. The van der Waals surface area contributed by atoms with Crippen molar-refractivity contribution in [2.75, 3.05) is 0 Å². The molecule has 0 bridgehead atoms. The fraction of sp³-hybridized carbons (Fsp3) is 0.222. The lowest BCUT2D eigenvalue weighted by molar-refractivity contribution is -0.107. The number of hydrogen-bond donors (Lipinski definition) is 0. The summed E-state index contributed by atoms with van der Waals surface area (Å²) in [6, 6.07) is 2.92. The van der Waals surface area contributed by atoms with Crippen LogP contribution < -0.4 is 0 Å². The van der Waals surface area contributed by atoms with Gasteiger partial charge < -0.3 is 4.79 Å². The number of rotatable bonds is 4. The number of benzene rings is 1. The average molecular weight is 260 g/mol. The summed E-state index contributed by atoms with van der Waals surface area (Å²) in [5, 5.41) is 0. The summed E-state index contributed by atoms with van der Waals surface area (Å²) in [6.45, 7) is 0. The molecule has 0 aliphatic carbocycles. The van der Waals surface area contributed by atoms with Gasteiger partial charge in [0.15, 0.2) is 0 Å². The molecule has 16 heavy (non-hydrogen) atoms. The van der Waals surface area contributed by atoms with Crippen LogP contribution in [0.15, 0.2) is 29.2 Å². The van der Waals surface area contributed by atoms with Crippen molar-refractivity contribution in [2.45, 2.75) is 17.7 Å². The highest BCUT2D eigenvalue weighted by Gasteiger charge is 2.65. The van der Waals surface area contributed by atoms with Gasteiger partial charge in [-0.1, -0.05) is 31.6 Å². The first-order valence-electron chi connectivity index (χ1n) is 4.29. The molecule has 0 saturated heterocycles. The summed E-state index contributed by atoms with van der Waals surface area (Å²) in [5.41, 5.74) is 0.0675. The Hall–Kier alpha value is -1.11. The number of halogens is 5. The molecule has 92 valence electrons. The standard InChI is InChI=1S/C9H9F5OS/c10-16(11,12,13,14)9-5-1-3-8(7-9)4-2-6-15/h1,3,5-7H,2,4H2. The minimum atomic E-state index is -9.59. The molecule has 0 saturated carbocycles. The molecule has 0 unspecified atom stereocenters.